The molecule has 2 aliphatic rings. The highest BCUT2D eigenvalue weighted by atomic mass is 16.5. The van der Waals surface area contributed by atoms with Crippen LogP contribution in [0.1, 0.15) is 50.4 Å². The van der Waals surface area contributed by atoms with Crippen LogP contribution in [0.3, 0.4) is 0 Å². The van der Waals surface area contributed by atoms with Crippen LogP contribution in [-0.2, 0) is 6.42 Å². The molecule has 0 saturated carbocycles. The second-order valence-electron chi connectivity index (χ2n) is 5.80. The highest BCUT2D eigenvalue weighted by Gasteiger charge is 2.25. The minimum Gasteiger partial charge on any atom is -0.338 e. The fraction of sp³-hybridized carbons (Fsp3) is 0.857. The number of piperidine rings is 1. The van der Waals surface area contributed by atoms with E-state index in [-0.39, 0.29) is 6.04 Å². The molecular formula is C14H24N4O. The van der Waals surface area contributed by atoms with E-state index >= 15 is 0 Å². The van der Waals surface area contributed by atoms with Gasteiger partial charge in [-0.05, 0) is 44.8 Å². The SMILES string of the molecule is CCN1CCC(Cc2noc(C3CCCCN3)n2)C1. The van der Waals surface area contributed by atoms with Crippen molar-refractivity contribution < 1.29 is 4.52 Å². The average molecular weight is 264 g/mol. The summed E-state index contributed by atoms with van der Waals surface area (Å²) in [6.45, 7) is 6.85. The van der Waals surface area contributed by atoms with Crippen molar-refractivity contribution in [1.82, 2.24) is 20.4 Å². The van der Waals surface area contributed by atoms with Gasteiger partial charge in [-0.1, -0.05) is 18.5 Å². The third kappa shape index (κ3) is 3.15. The smallest absolute Gasteiger partial charge is 0.243 e. The summed E-state index contributed by atoms with van der Waals surface area (Å²) in [5.41, 5.74) is 0. The molecule has 0 aromatic carbocycles. The number of hydrogen-bond donors (Lipinski definition) is 1. The summed E-state index contributed by atoms with van der Waals surface area (Å²) in [5.74, 6) is 2.38. The van der Waals surface area contributed by atoms with Crippen LogP contribution >= 0.6 is 0 Å². The van der Waals surface area contributed by atoms with E-state index in [1.165, 1.54) is 32.4 Å². The van der Waals surface area contributed by atoms with Crippen molar-refractivity contribution in [2.75, 3.05) is 26.2 Å². The second-order valence-corrected chi connectivity index (χ2v) is 5.80. The van der Waals surface area contributed by atoms with Crippen LogP contribution in [0.4, 0.5) is 0 Å². The Balaban J connectivity index is 1.56. The zero-order valence-corrected chi connectivity index (χ0v) is 11.8. The molecule has 2 fully saturated rings. The lowest BCUT2D eigenvalue weighted by Gasteiger charge is -2.19. The van der Waals surface area contributed by atoms with Crippen molar-refractivity contribution >= 4 is 0 Å². The molecule has 0 bridgehead atoms. The first-order valence-corrected chi connectivity index (χ1v) is 7.63. The summed E-state index contributed by atoms with van der Waals surface area (Å²) in [7, 11) is 0. The molecule has 3 rings (SSSR count). The number of hydrogen-bond acceptors (Lipinski definition) is 5. The van der Waals surface area contributed by atoms with Crippen molar-refractivity contribution in [2.45, 2.75) is 45.1 Å². The summed E-state index contributed by atoms with van der Waals surface area (Å²) >= 11 is 0. The Morgan fingerprint density at radius 1 is 1.37 bits per heavy atom. The van der Waals surface area contributed by atoms with E-state index in [0.717, 1.165) is 37.6 Å². The minimum atomic E-state index is 0.283. The van der Waals surface area contributed by atoms with E-state index in [0.29, 0.717) is 5.92 Å². The Kier molecular flexibility index (Phi) is 4.13. The molecule has 2 aliphatic heterocycles. The molecule has 5 nitrogen and oxygen atoms in total. The third-order valence-electron chi connectivity index (χ3n) is 4.38. The van der Waals surface area contributed by atoms with Gasteiger partial charge < -0.3 is 14.7 Å². The monoisotopic (exact) mass is 264 g/mol. The second kappa shape index (κ2) is 6.01. The highest BCUT2D eigenvalue weighted by Crippen LogP contribution is 2.23. The Bertz CT molecular complexity index is 400. The summed E-state index contributed by atoms with van der Waals surface area (Å²) in [6.07, 6.45) is 5.86. The Morgan fingerprint density at radius 2 is 2.32 bits per heavy atom. The highest BCUT2D eigenvalue weighted by molar-refractivity contribution is 4.96. The fourth-order valence-corrected chi connectivity index (χ4v) is 3.18. The Labute approximate surface area is 114 Å². The molecule has 19 heavy (non-hydrogen) atoms. The van der Waals surface area contributed by atoms with Crippen LogP contribution in [0, 0.1) is 5.92 Å². The first-order chi connectivity index (χ1) is 9.35. The topological polar surface area (TPSA) is 54.2 Å². The van der Waals surface area contributed by atoms with Gasteiger partial charge in [0, 0.05) is 13.0 Å². The molecule has 2 unspecified atom stereocenters. The molecule has 0 aliphatic carbocycles. The maximum absolute atomic E-state index is 5.43. The normalized spacial score (nSPS) is 28.9. The molecular weight excluding hydrogens is 240 g/mol. The third-order valence-corrected chi connectivity index (χ3v) is 4.38. The van der Waals surface area contributed by atoms with Crippen molar-refractivity contribution in [3.8, 4) is 0 Å². The van der Waals surface area contributed by atoms with Crippen molar-refractivity contribution in [1.29, 1.82) is 0 Å². The zero-order chi connectivity index (χ0) is 13.1. The first-order valence-electron chi connectivity index (χ1n) is 7.63. The average Bonchev–Trinajstić information content (AvgIpc) is 3.09. The predicted molar refractivity (Wildman–Crippen MR) is 72.8 cm³/mol. The van der Waals surface area contributed by atoms with E-state index in [9.17, 15) is 0 Å². The Morgan fingerprint density at radius 3 is 3.05 bits per heavy atom. The molecule has 0 radical (unpaired) electrons. The molecule has 1 aromatic rings. The van der Waals surface area contributed by atoms with Crippen LogP contribution in [0.5, 0.6) is 0 Å². The quantitative estimate of drug-likeness (QED) is 0.898. The minimum absolute atomic E-state index is 0.283. The molecule has 5 heteroatoms. The first kappa shape index (κ1) is 13.1. The van der Waals surface area contributed by atoms with Gasteiger partial charge in [0.25, 0.3) is 0 Å². The van der Waals surface area contributed by atoms with Crippen LogP contribution in [0.2, 0.25) is 0 Å². The van der Waals surface area contributed by atoms with Gasteiger partial charge in [0.15, 0.2) is 5.82 Å². The van der Waals surface area contributed by atoms with Gasteiger partial charge in [0.05, 0.1) is 6.04 Å². The zero-order valence-electron chi connectivity index (χ0n) is 11.8. The molecule has 1 N–H and O–H groups in total. The lowest BCUT2D eigenvalue weighted by Crippen LogP contribution is -2.27. The Hall–Kier alpha value is -0.940. The number of likely N-dealkylation sites (tertiary alicyclic amines) is 1. The lowest BCUT2D eigenvalue weighted by molar-refractivity contribution is 0.295. The number of rotatable bonds is 4. The van der Waals surface area contributed by atoms with Gasteiger partial charge in [-0.25, -0.2) is 0 Å². The van der Waals surface area contributed by atoms with Crippen molar-refractivity contribution in [3.63, 3.8) is 0 Å². The molecule has 3 heterocycles. The number of aromatic nitrogens is 2. The largest absolute Gasteiger partial charge is 0.338 e. The molecule has 106 valence electrons. The van der Waals surface area contributed by atoms with Crippen LogP contribution in [0.25, 0.3) is 0 Å². The van der Waals surface area contributed by atoms with Gasteiger partial charge in [-0.3, -0.25) is 0 Å². The van der Waals surface area contributed by atoms with Gasteiger partial charge in [0.2, 0.25) is 5.89 Å². The van der Waals surface area contributed by atoms with E-state index in [4.69, 9.17) is 4.52 Å². The number of nitrogens with zero attached hydrogens (tertiary/aromatic N) is 3. The predicted octanol–water partition coefficient (Wildman–Crippen LogP) is 1.77. The van der Waals surface area contributed by atoms with E-state index in [1.54, 1.807) is 0 Å². The number of nitrogens with one attached hydrogen (secondary N) is 1. The van der Waals surface area contributed by atoms with Gasteiger partial charge >= 0.3 is 0 Å². The molecule has 0 amide bonds. The molecule has 2 saturated heterocycles. The van der Waals surface area contributed by atoms with Crippen molar-refractivity contribution in [3.05, 3.63) is 11.7 Å². The van der Waals surface area contributed by atoms with Gasteiger partial charge in [0.1, 0.15) is 0 Å². The van der Waals surface area contributed by atoms with Crippen molar-refractivity contribution in [2.24, 2.45) is 5.92 Å². The lowest BCUT2D eigenvalue weighted by atomic mass is 10.0. The summed E-state index contributed by atoms with van der Waals surface area (Å²) < 4.78 is 5.43. The van der Waals surface area contributed by atoms with E-state index < -0.39 is 0 Å². The van der Waals surface area contributed by atoms with Crippen LogP contribution < -0.4 is 5.32 Å². The molecule has 1 aromatic heterocycles. The molecule has 0 spiro atoms. The fourth-order valence-electron chi connectivity index (χ4n) is 3.18. The van der Waals surface area contributed by atoms with Crippen LogP contribution in [0.15, 0.2) is 4.52 Å². The van der Waals surface area contributed by atoms with Gasteiger partial charge in [-0.2, -0.15) is 4.98 Å². The summed E-state index contributed by atoms with van der Waals surface area (Å²) in [4.78, 5) is 7.08. The van der Waals surface area contributed by atoms with E-state index in [1.807, 2.05) is 0 Å². The summed E-state index contributed by atoms with van der Waals surface area (Å²) in [5, 5.41) is 7.62. The maximum atomic E-state index is 5.43. The molecule has 2 atom stereocenters. The van der Waals surface area contributed by atoms with E-state index in [2.05, 4.69) is 27.3 Å². The van der Waals surface area contributed by atoms with Gasteiger partial charge in [-0.15, -0.1) is 0 Å². The van der Waals surface area contributed by atoms with Crippen LogP contribution in [-0.4, -0.2) is 41.2 Å². The maximum Gasteiger partial charge on any atom is 0.243 e. The summed E-state index contributed by atoms with van der Waals surface area (Å²) in [6, 6.07) is 0.283. The standard InChI is InChI=1S/C14H24N4O/c1-2-18-8-6-11(10-18)9-13-16-14(19-17-13)12-5-3-4-7-15-12/h11-12,15H,2-10H2,1H3.